The first-order valence-corrected chi connectivity index (χ1v) is 7.12. The van der Waals surface area contributed by atoms with Crippen LogP contribution in [0.3, 0.4) is 0 Å². The smallest absolute Gasteiger partial charge is 0.329 e. The molecule has 0 aliphatic carbocycles. The summed E-state index contributed by atoms with van der Waals surface area (Å²) >= 11 is 0. The molecule has 1 atom stereocenters. The predicted molar refractivity (Wildman–Crippen MR) is 75.7 cm³/mol. The summed E-state index contributed by atoms with van der Waals surface area (Å²) in [6.45, 7) is 6.10. The Morgan fingerprint density at radius 3 is 2.57 bits per heavy atom. The number of carbonyl (C=O) groups excluding carboxylic acids is 2. The first-order chi connectivity index (χ1) is 9.73. The number of nitrogens with one attached hydrogen (secondary N) is 1. The molecule has 0 saturated carbocycles. The summed E-state index contributed by atoms with van der Waals surface area (Å²) < 4.78 is 4.84. The Morgan fingerprint density at radius 1 is 1.33 bits per heavy atom. The normalized spacial score (nSPS) is 18.6. The lowest BCUT2D eigenvalue weighted by molar-refractivity contribution is -0.145. The first kappa shape index (κ1) is 17.4. The lowest BCUT2D eigenvalue weighted by Crippen LogP contribution is -2.49. The fourth-order valence-electron chi connectivity index (χ4n) is 2.24. The zero-order chi connectivity index (χ0) is 16.0. The molecule has 120 valence electrons. The zero-order valence-electron chi connectivity index (χ0n) is 12.8. The Balaban J connectivity index is 2.42. The van der Waals surface area contributed by atoms with E-state index in [9.17, 15) is 14.4 Å². The third-order valence-corrected chi connectivity index (χ3v) is 3.23. The summed E-state index contributed by atoms with van der Waals surface area (Å²) in [5, 5.41) is 11.1. The van der Waals surface area contributed by atoms with Gasteiger partial charge in [0.15, 0.2) is 0 Å². The minimum atomic E-state index is -1.04. The zero-order valence-corrected chi connectivity index (χ0v) is 12.8. The monoisotopic (exact) mass is 300 g/mol. The van der Waals surface area contributed by atoms with Crippen LogP contribution in [0.4, 0.5) is 0 Å². The standard InChI is InChI=1S/C14H24N2O5/c1-14(2,3)13(20)16-7-4-5-10(16)12(19)15-6-8-21-9-11(17)18/h10H,4-9H2,1-3H3,(H,15,19)(H,17,18). The Bertz CT molecular complexity index is 403. The van der Waals surface area contributed by atoms with Crippen molar-refractivity contribution in [2.75, 3.05) is 26.3 Å². The molecule has 0 aromatic heterocycles. The number of hydrogen-bond acceptors (Lipinski definition) is 4. The van der Waals surface area contributed by atoms with Crippen molar-refractivity contribution in [2.24, 2.45) is 5.41 Å². The van der Waals surface area contributed by atoms with Gasteiger partial charge in [0.25, 0.3) is 0 Å². The number of ether oxygens (including phenoxy) is 1. The van der Waals surface area contributed by atoms with Gasteiger partial charge in [0, 0.05) is 18.5 Å². The molecule has 0 bridgehead atoms. The number of hydrogen-bond donors (Lipinski definition) is 2. The van der Waals surface area contributed by atoms with Crippen LogP contribution >= 0.6 is 0 Å². The van der Waals surface area contributed by atoms with Crippen LogP contribution in [0.15, 0.2) is 0 Å². The molecule has 2 amide bonds. The maximum Gasteiger partial charge on any atom is 0.329 e. The number of likely N-dealkylation sites (tertiary alicyclic amines) is 1. The van der Waals surface area contributed by atoms with Gasteiger partial charge in [0.1, 0.15) is 12.6 Å². The van der Waals surface area contributed by atoms with E-state index in [0.29, 0.717) is 13.0 Å². The molecule has 1 fully saturated rings. The van der Waals surface area contributed by atoms with Crippen molar-refractivity contribution >= 4 is 17.8 Å². The maximum absolute atomic E-state index is 12.3. The van der Waals surface area contributed by atoms with Crippen molar-refractivity contribution < 1.29 is 24.2 Å². The summed E-state index contributed by atoms with van der Waals surface area (Å²) in [6, 6.07) is -0.434. The van der Waals surface area contributed by atoms with Gasteiger partial charge in [-0.05, 0) is 12.8 Å². The summed E-state index contributed by atoms with van der Waals surface area (Å²) in [6.07, 6.45) is 1.47. The third kappa shape index (κ3) is 5.34. The molecule has 21 heavy (non-hydrogen) atoms. The van der Waals surface area contributed by atoms with E-state index in [1.54, 1.807) is 4.90 Å². The van der Waals surface area contributed by atoms with E-state index in [-0.39, 0.29) is 31.6 Å². The van der Waals surface area contributed by atoms with Crippen LogP contribution < -0.4 is 5.32 Å². The number of amides is 2. The van der Waals surface area contributed by atoms with Crippen LogP contribution in [-0.2, 0) is 19.1 Å². The van der Waals surface area contributed by atoms with Gasteiger partial charge >= 0.3 is 5.97 Å². The number of nitrogens with zero attached hydrogens (tertiary/aromatic N) is 1. The highest BCUT2D eigenvalue weighted by Crippen LogP contribution is 2.25. The molecule has 1 unspecified atom stereocenters. The minimum absolute atomic E-state index is 0.0257. The van der Waals surface area contributed by atoms with Crippen LogP contribution in [0, 0.1) is 5.41 Å². The molecule has 7 heteroatoms. The quantitative estimate of drug-likeness (QED) is 0.685. The molecule has 0 aromatic rings. The summed E-state index contributed by atoms with van der Waals surface area (Å²) in [5.41, 5.74) is -0.506. The average Bonchev–Trinajstić information content (AvgIpc) is 2.84. The Morgan fingerprint density at radius 2 is 2.00 bits per heavy atom. The van der Waals surface area contributed by atoms with E-state index in [1.165, 1.54) is 0 Å². The highest BCUT2D eigenvalue weighted by atomic mass is 16.5. The van der Waals surface area contributed by atoms with Gasteiger partial charge in [-0.3, -0.25) is 9.59 Å². The van der Waals surface area contributed by atoms with Crippen molar-refractivity contribution in [1.82, 2.24) is 10.2 Å². The van der Waals surface area contributed by atoms with Gasteiger partial charge in [-0.25, -0.2) is 4.79 Å². The van der Waals surface area contributed by atoms with E-state index in [4.69, 9.17) is 9.84 Å². The first-order valence-electron chi connectivity index (χ1n) is 7.12. The molecule has 1 saturated heterocycles. The van der Waals surface area contributed by atoms with Crippen molar-refractivity contribution in [3.8, 4) is 0 Å². The molecule has 0 radical (unpaired) electrons. The topological polar surface area (TPSA) is 95.9 Å². The van der Waals surface area contributed by atoms with Crippen molar-refractivity contribution in [1.29, 1.82) is 0 Å². The van der Waals surface area contributed by atoms with Gasteiger partial charge < -0.3 is 20.1 Å². The Labute approximate surface area is 124 Å². The lowest BCUT2D eigenvalue weighted by Gasteiger charge is -2.30. The second kappa shape index (κ2) is 7.40. The van der Waals surface area contributed by atoms with Crippen LogP contribution in [0.5, 0.6) is 0 Å². The third-order valence-electron chi connectivity index (χ3n) is 3.23. The SMILES string of the molecule is CC(C)(C)C(=O)N1CCCC1C(=O)NCCOCC(=O)O. The molecule has 1 aliphatic rings. The van der Waals surface area contributed by atoms with Crippen molar-refractivity contribution in [3.63, 3.8) is 0 Å². The molecular weight excluding hydrogens is 276 g/mol. The van der Waals surface area contributed by atoms with Crippen LogP contribution in [0.2, 0.25) is 0 Å². The van der Waals surface area contributed by atoms with Crippen molar-refractivity contribution in [2.45, 2.75) is 39.7 Å². The fourth-order valence-corrected chi connectivity index (χ4v) is 2.24. The number of carbonyl (C=O) groups is 3. The van der Waals surface area contributed by atoms with Gasteiger partial charge in [-0.1, -0.05) is 20.8 Å². The van der Waals surface area contributed by atoms with E-state index in [1.807, 2.05) is 20.8 Å². The summed E-state index contributed by atoms with van der Waals surface area (Å²) in [5.74, 6) is -1.27. The second-order valence-corrected chi connectivity index (χ2v) is 6.14. The van der Waals surface area contributed by atoms with E-state index < -0.39 is 17.4 Å². The lowest BCUT2D eigenvalue weighted by atomic mass is 9.94. The van der Waals surface area contributed by atoms with Crippen LogP contribution in [0.1, 0.15) is 33.6 Å². The molecule has 1 aliphatic heterocycles. The van der Waals surface area contributed by atoms with Gasteiger partial charge in [0.2, 0.25) is 11.8 Å². The van der Waals surface area contributed by atoms with E-state index in [2.05, 4.69) is 5.32 Å². The molecule has 0 aromatic carbocycles. The van der Waals surface area contributed by atoms with Gasteiger partial charge in [-0.15, -0.1) is 0 Å². The Hall–Kier alpha value is -1.63. The van der Waals surface area contributed by atoms with Crippen molar-refractivity contribution in [3.05, 3.63) is 0 Å². The van der Waals surface area contributed by atoms with Crippen LogP contribution in [0.25, 0.3) is 0 Å². The largest absolute Gasteiger partial charge is 0.480 e. The Kier molecular flexibility index (Phi) is 6.14. The van der Waals surface area contributed by atoms with Gasteiger partial charge in [0.05, 0.1) is 6.61 Å². The number of rotatable bonds is 6. The number of carboxylic acid groups (broad SMARTS) is 1. The second-order valence-electron chi connectivity index (χ2n) is 6.14. The van der Waals surface area contributed by atoms with Crippen LogP contribution in [-0.4, -0.2) is 60.1 Å². The summed E-state index contributed by atoms with van der Waals surface area (Å²) in [4.78, 5) is 36.3. The minimum Gasteiger partial charge on any atom is -0.480 e. The molecule has 1 rings (SSSR count). The average molecular weight is 300 g/mol. The molecule has 2 N–H and O–H groups in total. The molecule has 1 heterocycles. The fraction of sp³-hybridized carbons (Fsp3) is 0.786. The van der Waals surface area contributed by atoms with E-state index >= 15 is 0 Å². The molecule has 7 nitrogen and oxygen atoms in total. The maximum atomic E-state index is 12.3. The highest BCUT2D eigenvalue weighted by Gasteiger charge is 2.38. The highest BCUT2D eigenvalue weighted by molar-refractivity contribution is 5.90. The predicted octanol–water partition coefficient (Wildman–Crippen LogP) is 0.241. The van der Waals surface area contributed by atoms with E-state index in [0.717, 1.165) is 6.42 Å². The summed E-state index contributed by atoms with van der Waals surface area (Å²) in [7, 11) is 0. The molecule has 0 spiro atoms. The molecular formula is C14H24N2O5. The number of carboxylic acids is 1. The number of aliphatic carboxylic acids is 1. The van der Waals surface area contributed by atoms with Gasteiger partial charge in [-0.2, -0.15) is 0 Å².